The van der Waals surface area contributed by atoms with Crippen molar-refractivity contribution in [2.45, 2.75) is 28.3 Å². The van der Waals surface area contributed by atoms with Crippen molar-refractivity contribution in [3.8, 4) is 0 Å². The minimum absolute atomic E-state index is 0.159. The minimum atomic E-state index is -3.84. The number of carboxylic acid groups (broad SMARTS) is 1. The number of alkyl halides is 3. The third-order valence-corrected chi connectivity index (χ3v) is 5.50. The number of hydrogen-bond donors (Lipinski definition) is 3. The topological polar surface area (TPSA) is 82.2 Å². The predicted octanol–water partition coefficient (Wildman–Crippen LogP) is 3.77. The van der Waals surface area contributed by atoms with Gasteiger partial charge in [0.05, 0.1) is 5.02 Å². The van der Waals surface area contributed by atoms with Crippen molar-refractivity contribution in [1.82, 2.24) is 10.3 Å². The van der Waals surface area contributed by atoms with Crippen LogP contribution in [0, 0.1) is 0 Å². The van der Waals surface area contributed by atoms with Crippen LogP contribution in [0.2, 0.25) is 5.02 Å². The molecule has 0 radical (unpaired) electrons. The van der Waals surface area contributed by atoms with Crippen LogP contribution in [0.25, 0.3) is 0 Å². The molecule has 0 fully saturated rings. The Labute approximate surface area is 154 Å². The van der Waals surface area contributed by atoms with E-state index in [0.29, 0.717) is 23.0 Å². The van der Waals surface area contributed by atoms with E-state index in [2.05, 4.69) is 5.32 Å². The Kier molecular flexibility index (Phi) is 4.80. The van der Waals surface area contributed by atoms with Gasteiger partial charge < -0.3 is 15.4 Å². The van der Waals surface area contributed by atoms with Crippen molar-refractivity contribution in [2.24, 2.45) is 0 Å². The summed E-state index contributed by atoms with van der Waals surface area (Å²) in [7, 11) is 0. The van der Waals surface area contributed by atoms with Crippen LogP contribution in [0.5, 0.6) is 0 Å². The molecule has 2 heterocycles. The summed E-state index contributed by atoms with van der Waals surface area (Å²) in [5.41, 5.74) is -0.873. The van der Waals surface area contributed by atoms with Gasteiger partial charge in [0, 0.05) is 22.9 Å². The normalized spacial score (nSPS) is 13.8. The quantitative estimate of drug-likeness (QED) is 0.673. The number of carbonyl (C=O) groups is 1. The Balaban J connectivity index is 2.18. The number of halogens is 4. The van der Waals surface area contributed by atoms with Crippen LogP contribution in [0.3, 0.4) is 0 Å². The highest BCUT2D eigenvalue weighted by molar-refractivity contribution is 7.99. The van der Waals surface area contributed by atoms with Gasteiger partial charge in [0.25, 0.3) is 5.56 Å². The number of hydrogen-bond acceptors (Lipinski definition) is 4. The maximum absolute atomic E-state index is 13.4. The van der Waals surface area contributed by atoms with Crippen LogP contribution < -0.4 is 10.9 Å². The fraction of sp³-hybridized carbons (Fsp3) is 0.200. The van der Waals surface area contributed by atoms with Gasteiger partial charge in [-0.05, 0) is 34.9 Å². The summed E-state index contributed by atoms with van der Waals surface area (Å²) in [6, 6.07) is 4.33. The third kappa shape index (κ3) is 3.52. The van der Waals surface area contributed by atoms with Crippen LogP contribution in [0.4, 0.5) is 8.78 Å². The lowest BCUT2D eigenvalue weighted by molar-refractivity contribution is 0.0686. The molecule has 0 amide bonds. The largest absolute Gasteiger partial charge is 0.477 e. The molecule has 25 heavy (non-hydrogen) atoms. The average molecular weight is 407 g/mol. The second-order valence-corrected chi connectivity index (χ2v) is 7.21. The SMILES string of the molecule is O=C(O)c1c(Sc2c(Cl)ccc3c2CNC3)cc(C(F)(F)Cl)[nH]c1=O. The number of aromatic nitrogens is 1. The number of carboxylic acids is 1. The standard InChI is InChI=1S/C15H10Cl2F2N2O3S/c16-8-2-1-6-4-20-5-7(6)12(8)25-9-3-10(15(17,18)19)21-13(22)11(9)14(23)24/h1-3,20H,4-5H2,(H,21,22)(H,23,24). The van der Waals surface area contributed by atoms with Crippen molar-refractivity contribution in [3.05, 3.63) is 56.0 Å². The van der Waals surface area contributed by atoms with E-state index in [9.17, 15) is 23.5 Å². The van der Waals surface area contributed by atoms with Gasteiger partial charge in [-0.1, -0.05) is 29.4 Å². The first-order valence-electron chi connectivity index (χ1n) is 6.95. The molecule has 5 nitrogen and oxygen atoms in total. The number of nitrogens with one attached hydrogen (secondary N) is 2. The Morgan fingerprint density at radius 3 is 2.68 bits per heavy atom. The molecule has 1 aliphatic heterocycles. The minimum Gasteiger partial charge on any atom is -0.477 e. The second-order valence-electron chi connectivity index (χ2n) is 5.27. The highest BCUT2D eigenvalue weighted by Crippen LogP contribution is 2.41. The van der Waals surface area contributed by atoms with Crippen molar-refractivity contribution < 1.29 is 18.7 Å². The Hall–Kier alpha value is -1.61. The first-order chi connectivity index (χ1) is 11.7. The van der Waals surface area contributed by atoms with Crippen molar-refractivity contribution in [1.29, 1.82) is 0 Å². The van der Waals surface area contributed by atoms with E-state index in [0.717, 1.165) is 29.0 Å². The lowest BCUT2D eigenvalue weighted by atomic mass is 10.1. The monoisotopic (exact) mass is 406 g/mol. The Morgan fingerprint density at radius 1 is 1.32 bits per heavy atom. The summed E-state index contributed by atoms with van der Waals surface area (Å²) in [6.45, 7) is 1.12. The first kappa shape index (κ1) is 18.2. The molecule has 3 N–H and O–H groups in total. The fourth-order valence-electron chi connectivity index (χ4n) is 2.51. The molecule has 1 aliphatic rings. The van der Waals surface area contributed by atoms with Gasteiger partial charge in [-0.15, -0.1) is 0 Å². The molecule has 0 atom stereocenters. The molecule has 2 aromatic rings. The zero-order chi connectivity index (χ0) is 18.4. The third-order valence-electron chi connectivity index (χ3n) is 3.66. The number of fused-ring (bicyclic) bond motifs is 1. The van der Waals surface area contributed by atoms with Gasteiger partial charge >= 0.3 is 11.4 Å². The molecular weight excluding hydrogens is 397 g/mol. The lowest BCUT2D eigenvalue weighted by Crippen LogP contribution is -2.23. The number of pyridine rings is 1. The van der Waals surface area contributed by atoms with E-state index in [4.69, 9.17) is 23.2 Å². The van der Waals surface area contributed by atoms with Crippen LogP contribution in [-0.2, 0) is 18.5 Å². The fourth-order valence-corrected chi connectivity index (χ4v) is 4.08. The molecule has 0 aliphatic carbocycles. The molecule has 0 spiro atoms. The zero-order valence-electron chi connectivity index (χ0n) is 12.3. The van der Waals surface area contributed by atoms with Crippen molar-refractivity contribution in [3.63, 3.8) is 0 Å². The number of rotatable bonds is 4. The van der Waals surface area contributed by atoms with Crippen molar-refractivity contribution in [2.75, 3.05) is 0 Å². The molecule has 0 bridgehead atoms. The lowest BCUT2D eigenvalue weighted by Gasteiger charge is -2.14. The molecule has 10 heteroatoms. The van der Waals surface area contributed by atoms with Gasteiger partial charge in [0.1, 0.15) is 11.3 Å². The zero-order valence-corrected chi connectivity index (χ0v) is 14.7. The molecule has 132 valence electrons. The van der Waals surface area contributed by atoms with Gasteiger partial charge in [-0.3, -0.25) is 4.79 Å². The van der Waals surface area contributed by atoms with Gasteiger partial charge in [-0.2, -0.15) is 8.78 Å². The van der Waals surface area contributed by atoms with Gasteiger partial charge in [0.15, 0.2) is 0 Å². The van der Waals surface area contributed by atoms with E-state index in [1.165, 1.54) is 0 Å². The smallest absolute Gasteiger partial charge is 0.362 e. The van der Waals surface area contributed by atoms with Crippen LogP contribution >= 0.6 is 35.0 Å². The molecule has 3 rings (SSSR count). The Bertz CT molecular complexity index is 928. The number of benzene rings is 1. The molecule has 0 unspecified atom stereocenters. The summed E-state index contributed by atoms with van der Waals surface area (Å²) in [4.78, 5) is 25.6. The summed E-state index contributed by atoms with van der Waals surface area (Å²) in [6.07, 6.45) is 0. The summed E-state index contributed by atoms with van der Waals surface area (Å²) >= 11 is 12.0. The average Bonchev–Trinajstić information content (AvgIpc) is 2.97. The number of H-pyrrole nitrogens is 1. The van der Waals surface area contributed by atoms with E-state index < -0.39 is 28.2 Å². The van der Waals surface area contributed by atoms with Crippen molar-refractivity contribution >= 4 is 40.9 Å². The van der Waals surface area contributed by atoms with E-state index in [-0.39, 0.29) is 4.90 Å². The van der Waals surface area contributed by atoms with Crippen LogP contribution in [0.1, 0.15) is 27.2 Å². The molecule has 0 saturated carbocycles. The molecule has 1 aromatic carbocycles. The highest BCUT2D eigenvalue weighted by Gasteiger charge is 2.32. The molecule has 0 saturated heterocycles. The van der Waals surface area contributed by atoms with E-state index >= 15 is 0 Å². The van der Waals surface area contributed by atoms with E-state index in [1.807, 2.05) is 11.1 Å². The van der Waals surface area contributed by atoms with Gasteiger partial charge in [-0.25, -0.2) is 4.79 Å². The van der Waals surface area contributed by atoms with E-state index in [1.54, 1.807) is 6.07 Å². The maximum Gasteiger partial charge on any atom is 0.362 e. The van der Waals surface area contributed by atoms with Gasteiger partial charge in [0.2, 0.25) is 0 Å². The first-order valence-corrected chi connectivity index (χ1v) is 8.52. The summed E-state index contributed by atoms with van der Waals surface area (Å²) < 4.78 is 26.8. The second kappa shape index (κ2) is 6.60. The number of aromatic amines is 1. The molecule has 1 aromatic heterocycles. The van der Waals surface area contributed by atoms with Crippen LogP contribution in [-0.4, -0.2) is 16.1 Å². The summed E-state index contributed by atoms with van der Waals surface area (Å²) in [5, 5.41) is 8.91. The highest BCUT2D eigenvalue weighted by atomic mass is 35.5. The maximum atomic E-state index is 13.4. The Morgan fingerprint density at radius 2 is 2.04 bits per heavy atom. The molecular formula is C15H10Cl2F2N2O3S. The summed E-state index contributed by atoms with van der Waals surface area (Å²) in [5.74, 6) is -1.53. The van der Waals surface area contributed by atoms with Crippen LogP contribution in [0.15, 0.2) is 32.8 Å². The number of aromatic carboxylic acids is 1. The predicted molar refractivity (Wildman–Crippen MR) is 89.9 cm³/mol.